The van der Waals surface area contributed by atoms with Gasteiger partial charge in [0, 0.05) is 25.6 Å². The fourth-order valence-corrected chi connectivity index (χ4v) is 4.66. The van der Waals surface area contributed by atoms with Gasteiger partial charge in [0.25, 0.3) is 5.56 Å². The van der Waals surface area contributed by atoms with Crippen molar-refractivity contribution in [2.75, 3.05) is 38.7 Å². The van der Waals surface area contributed by atoms with Crippen molar-refractivity contribution in [3.63, 3.8) is 0 Å². The Morgan fingerprint density at radius 2 is 1.85 bits per heavy atom. The predicted molar refractivity (Wildman–Crippen MR) is 150 cm³/mol. The lowest BCUT2D eigenvalue weighted by atomic mass is 10.1. The number of aromatic nitrogens is 3. The Morgan fingerprint density at radius 3 is 2.54 bits per heavy atom. The van der Waals surface area contributed by atoms with Crippen LogP contribution in [0.3, 0.4) is 0 Å². The maximum Gasteiger partial charge on any atom is 0.326 e. The Morgan fingerprint density at radius 1 is 1.10 bits per heavy atom. The highest BCUT2D eigenvalue weighted by Gasteiger charge is 2.22. The summed E-state index contributed by atoms with van der Waals surface area (Å²) in [6.07, 6.45) is 5.50. The van der Waals surface area contributed by atoms with E-state index in [1.165, 1.54) is 28.7 Å². The van der Waals surface area contributed by atoms with Gasteiger partial charge in [-0.3, -0.25) is 19.0 Å². The van der Waals surface area contributed by atoms with Crippen LogP contribution in [0.5, 0.6) is 5.75 Å². The summed E-state index contributed by atoms with van der Waals surface area (Å²) in [4.78, 5) is 52.4. The molecular weight excluding hydrogens is 498 g/mol. The van der Waals surface area contributed by atoms with Crippen LogP contribution in [0.2, 0.25) is 0 Å². The van der Waals surface area contributed by atoms with E-state index in [4.69, 9.17) is 9.47 Å². The number of amides is 1. The van der Waals surface area contributed by atoms with Gasteiger partial charge in [0.15, 0.2) is 5.65 Å². The van der Waals surface area contributed by atoms with Crippen LogP contribution < -0.4 is 15.2 Å². The van der Waals surface area contributed by atoms with Gasteiger partial charge in [-0.1, -0.05) is 18.6 Å². The van der Waals surface area contributed by atoms with Crippen LogP contribution >= 0.6 is 0 Å². The third-order valence-electron chi connectivity index (χ3n) is 6.68. The first-order chi connectivity index (χ1) is 18.6. The molecule has 0 atom stereocenters. The van der Waals surface area contributed by atoms with Crippen molar-refractivity contribution >= 4 is 28.6 Å². The fraction of sp³-hybridized carbons (Fsp3) is 0.483. The molecule has 3 heterocycles. The Kier molecular flexibility index (Phi) is 8.64. The molecule has 0 saturated carbocycles. The zero-order chi connectivity index (χ0) is 28.2. The molecule has 10 nitrogen and oxygen atoms in total. The van der Waals surface area contributed by atoms with E-state index < -0.39 is 17.1 Å². The number of esters is 1. The number of rotatable bonds is 8. The molecule has 4 rings (SSSR count). The SMILES string of the molecule is COc1cccc(-c2nc3ncc(N(C)C(=O)CCN4CCCCC4)cc3c(=O)n2CC(=O)OC(C)(C)C)c1. The largest absolute Gasteiger partial charge is 0.497 e. The van der Waals surface area contributed by atoms with Gasteiger partial charge in [-0.25, -0.2) is 9.97 Å². The Bertz CT molecular complexity index is 1410. The molecular formula is C29H37N5O5. The van der Waals surface area contributed by atoms with Gasteiger partial charge in [-0.15, -0.1) is 0 Å². The van der Waals surface area contributed by atoms with Crippen molar-refractivity contribution in [3.05, 3.63) is 46.9 Å². The highest BCUT2D eigenvalue weighted by atomic mass is 16.6. The maximum atomic E-state index is 13.8. The quantitative estimate of drug-likeness (QED) is 0.403. The van der Waals surface area contributed by atoms with Crippen LogP contribution in [0, 0.1) is 0 Å². The van der Waals surface area contributed by atoms with E-state index in [-0.39, 0.29) is 29.3 Å². The molecule has 0 bridgehead atoms. The van der Waals surface area contributed by atoms with Crippen molar-refractivity contribution in [1.82, 2.24) is 19.4 Å². The molecule has 0 N–H and O–H groups in total. The molecule has 10 heteroatoms. The maximum absolute atomic E-state index is 13.8. The van der Waals surface area contributed by atoms with Crippen LogP contribution in [0.1, 0.15) is 46.5 Å². The molecule has 0 unspecified atom stereocenters. The number of carbonyl (C=O) groups excluding carboxylic acids is 2. The Hall–Kier alpha value is -3.79. The molecule has 39 heavy (non-hydrogen) atoms. The van der Waals surface area contributed by atoms with Crippen LogP contribution in [0.15, 0.2) is 41.3 Å². The second-order valence-corrected chi connectivity index (χ2v) is 10.8. The van der Waals surface area contributed by atoms with Gasteiger partial charge in [-0.2, -0.15) is 0 Å². The standard InChI is InChI=1S/C29H37N5O5/c1-29(2,3)39-25(36)19-34-27(20-10-9-11-22(16-20)38-5)31-26-23(28(34)37)17-21(18-30-26)32(4)24(35)12-15-33-13-7-6-8-14-33/h9-11,16-18H,6-8,12-15,19H2,1-5H3. The number of anilines is 1. The summed E-state index contributed by atoms with van der Waals surface area (Å²) in [5, 5.41) is 0.207. The number of piperidine rings is 1. The molecule has 0 spiro atoms. The lowest BCUT2D eigenvalue weighted by Gasteiger charge is -2.27. The third kappa shape index (κ3) is 7.00. The van der Waals surface area contributed by atoms with Crippen molar-refractivity contribution < 1.29 is 19.1 Å². The second-order valence-electron chi connectivity index (χ2n) is 10.8. The van der Waals surface area contributed by atoms with E-state index in [1.807, 2.05) is 0 Å². The summed E-state index contributed by atoms with van der Waals surface area (Å²) in [5.74, 6) is 0.225. The molecule has 1 aromatic carbocycles. The van der Waals surface area contributed by atoms with Crippen LogP contribution in [-0.2, 0) is 20.9 Å². The summed E-state index contributed by atoms with van der Waals surface area (Å²) >= 11 is 0. The van der Waals surface area contributed by atoms with E-state index in [0.717, 1.165) is 13.1 Å². The first kappa shape index (κ1) is 28.2. The van der Waals surface area contributed by atoms with Gasteiger partial charge in [0.1, 0.15) is 23.7 Å². The number of pyridine rings is 1. The molecule has 1 aliphatic rings. The minimum atomic E-state index is -0.715. The van der Waals surface area contributed by atoms with E-state index in [9.17, 15) is 14.4 Å². The monoisotopic (exact) mass is 535 g/mol. The van der Waals surface area contributed by atoms with Crippen LogP contribution in [0.25, 0.3) is 22.4 Å². The van der Waals surface area contributed by atoms with Gasteiger partial charge in [0.05, 0.1) is 24.4 Å². The molecule has 2 aromatic heterocycles. The number of benzene rings is 1. The minimum Gasteiger partial charge on any atom is -0.497 e. The van der Waals surface area contributed by atoms with E-state index in [2.05, 4.69) is 14.9 Å². The predicted octanol–water partition coefficient (Wildman–Crippen LogP) is 3.65. The van der Waals surface area contributed by atoms with E-state index in [0.29, 0.717) is 30.0 Å². The van der Waals surface area contributed by atoms with E-state index >= 15 is 0 Å². The zero-order valence-corrected chi connectivity index (χ0v) is 23.4. The summed E-state index contributed by atoms with van der Waals surface area (Å²) in [6, 6.07) is 8.69. The summed E-state index contributed by atoms with van der Waals surface area (Å²) < 4.78 is 12.1. The topological polar surface area (TPSA) is 107 Å². The number of fused-ring (bicyclic) bond motifs is 1. The van der Waals surface area contributed by atoms with E-state index in [1.54, 1.807) is 71.5 Å². The number of hydrogen-bond donors (Lipinski definition) is 0. The highest BCUT2D eigenvalue weighted by Crippen LogP contribution is 2.25. The van der Waals surface area contributed by atoms with Crippen LogP contribution in [0.4, 0.5) is 5.69 Å². The first-order valence-corrected chi connectivity index (χ1v) is 13.3. The van der Waals surface area contributed by atoms with Crippen molar-refractivity contribution in [2.24, 2.45) is 0 Å². The first-order valence-electron chi connectivity index (χ1n) is 13.3. The van der Waals surface area contributed by atoms with Gasteiger partial charge < -0.3 is 19.3 Å². The van der Waals surface area contributed by atoms with Crippen molar-refractivity contribution in [3.8, 4) is 17.1 Å². The Balaban J connectivity index is 1.69. The van der Waals surface area contributed by atoms with Gasteiger partial charge in [-0.05, 0) is 64.9 Å². The van der Waals surface area contributed by atoms with Gasteiger partial charge >= 0.3 is 5.97 Å². The fourth-order valence-electron chi connectivity index (χ4n) is 4.66. The molecule has 1 amide bonds. The number of carbonyl (C=O) groups is 2. The average molecular weight is 536 g/mol. The second kappa shape index (κ2) is 11.9. The minimum absolute atomic E-state index is 0.0586. The lowest BCUT2D eigenvalue weighted by molar-refractivity contribution is -0.155. The molecule has 1 saturated heterocycles. The molecule has 1 aliphatic heterocycles. The third-order valence-corrected chi connectivity index (χ3v) is 6.68. The molecule has 0 radical (unpaired) electrons. The lowest BCUT2D eigenvalue weighted by Crippen LogP contribution is -2.35. The summed E-state index contributed by atoms with van der Waals surface area (Å²) in [5.41, 5.74) is 0.131. The average Bonchev–Trinajstić information content (AvgIpc) is 2.92. The number of nitrogens with zero attached hydrogens (tertiary/aromatic N) is 5. The molecule has 3 aromatic rings. The normalized spacial score (nSPS) is 14.3. The smallest absolute Gasteiger partial charge is 0.326 e. The molecule has 1 fully saturated rings. The highest BCUT2D eigenvalue weighted by molar-refractivity contribution is 5.94. The summed E-state index contributed by atoms with van der Waals surface area (Å²) in [7, 11) is 3.23. The van der Waals surface area contributed by atoms with Crippen molar-refractivity contribution in [1.29, 1.82) is 0 Å². The Labute approximate surface area is 228 Å². The summed E-state index contributed by atoms with van der Waals surface area (Å²) in [6.45, 7) is 7.72. The zero-order valence-electron chi connectivity index (χ0n) is 23.4. The number of likely N-dealkylation sites (tertiary alicyclic amines) is 1. The van der Waals surface area contributed by atoms with Crippen LogP contribution in [-0.4, -0.2) is 70.7 Å². The van der Waals surface area contributed by atoms with Gasteiger partial charge in [0.2, 0.25) is 5.91 Å². The van der Waals surface area contributed by atoms with Crippen molar-refractivity contribution in [2.45, 2.75) is 58.6 Å². The molecule has 0 aliphatic carbocycles. The number of ether oxygens (including phenoxy) is 2. The molecule has 208 valence electrons. The number of methoxy groups -OCH3 is 1. The number of hydrogen-bond acceptors (Lipinski definition) is 8.